The molecule has 1 aliphatic carbocycles. The number of hydrogen-bond acceptors (Lipinski definition) is 2. The number of rotatable bonds is 6. The van der Waals surface area contributed by atoms with Crippen LogP contribution in [0.4, 0.5) is 0 Å². The smallest absolute Gasteiger partial charge is 0.191 e. The van der Waals surface area contributed by atoms with E-state index < -0.39 is 0 Å². The van der Waals surface area contributed by atoms with Gasteiger partial charge in [-0.1, -0.05) is 22.0 Å². The lowest BCUT2D eigenvalue weighted by Gasteiger charge is -2.10. The minimum Gasteiger partial charge on any atom is -0.492 e. The van der Waals surface area contributed by atoms with E-state index >= 15 is 0 Å². The Bertz CT molecular complexity index is 438. The fraction of sp³-hybridized carbons (Fsp3) is 0.500. The van der Waals surface area contributed by atoms with Gasteiger partial charge in [-0.2, -0.15) is 0 Å². The summed E-state index contributed by atoms with van der Waals surface area (Å²) in [5.74, 6) is 1.76. The molecule has 1 aromatic carbocycles. The first-order valence-corrected chi connectivity index (χ1v) is 7.50. The molecule has 0 amide bonds. The van der Waals surface area contributed by atoms with Crippen LogP contribution in [0.2, 0.25) is 0 Å². The molecule has 0 unspecified atom stereocenters. The molecule has 0 aromatic heterocycles. The lowest BCUT2D eigenvalue weighted by Crippen LogP contribution is -2.38. The average molecular weight is 454 g/mol. The zero-order valence-electron chi connectivity index (χ0n) is 11.6. The molecule has 112 valence electrons. The quantitative estimate of drug-likeness (QED) is 0.301. The maximum absolute atomic E-state index is 5.64. The molecule has 0 heterocycles. The molecule has 2 rings (SSSR count). The molecule has 0 atom stereocenters. The number of ether oxygens (including phenoxy) is 1. The van der Waals surface area contributed by atoms with E-state index in [1.807, 2.05) is 24.3 Å². The highest BCUT2D eigenvalue weighted by molar-refractivity contribution is 14.0. The maximum atomic E-state index is 5.64. The second-order valence-electron chi connectivity index (χ2n) is 4.49. The third kappa shape index (κ3) is 6.78. The van der Waals surface area contributed by atoms with Crippen LogP contribution in [0.3, 0.4) is 0 Å². The molecule has 0 bridgehead atoms. The minimum absolute atomic E-state index is 0. The lowest BCUT2D eigenvalue weighted by molar-refractivity contribution is 0.328. The third-order valence-electron chi connectivity index (χ3n) is 2.69. The summed E-state index contributed by atoms with van der Waals surface area (Å²) in [6.07, 6.45) is 2.50. The Labute approximate surface area is 145 Å². The molecule has 6 heteroatoms. The number of benzene rings is 1. The number of hydrogen-bond donors (Lipinski definition) is 2. The summed E-state index contributed by atoms with van der Waals surface area (Å²) in [7, 11) is 0. The van der Waals surface area contributed by atoms with E-state index in [1.165, 1.54) is 12.8 Å². The molecule has 0 spiro atoms. The van der Waals surface area contributed by atoms with E-state index in [4.69, 9.17) is 4.74 Å². The third-order valence-corrected chi connectivity index (χ3v) is 3.18. The summed E-state index contributed by atoms with van der Waals surface area (Å²) >= 11 is 3.42. The zero-order valence-corrected chi connectivity index (χ0v) is 15.5. The van der Waals surface area contributed by atoms with Gasteiger partial charge < -0.3 is 15.4 Å². The summed E-state index contributed by atoms with van der Waals surface area (Å²) < 4.78 is 6.67. The predicted molar refractivity (Wildman–Crippen MR) is 97.2 cm³/mol. The second-order valence-corrected chi connectivity index (χ2v) is 5.40. The number of aliphatic imine (C=N–C) groups is 1. The Hall–Kier alpha value is -0.500. The fourth-order valence-corrected chi connectivity index (χ4v) is 2.00. The SMILES string of the molecule is CCNC(=NCCOc1cccc(Br)c1)NC1CC1.I. The first kappa shape index (κ1) is 17.6. The Morgan fingerprint density at radius 2 is 2.25 bits per heavy atom. The van der Waals surface area contributed by atoms with E-state index in [2.05, 4.69) is 38.5 Å². The Balaban J connectivity index is 0.00000200. The van der Waals surface area contributed by atoms with Crippen molar-refractivity contribution in [2.45, 2.75) is 25.8 Å². The monoisotopic (exact) mass is 453 g/mol. The molecule has 1 aromatic rings. The van der Waals surface area contributed by atoms with E-state index in [0.717, 1.165) is 22.7 Å². The summed E-state index contributed by atoms with van der Waals surface area (Å²) in [5.41, 5.74) is 0. The molecule has 1 aliphatic rings. The molecule has 1 fully saturated rings. The van der Waals surface area contributed by atoms with Crippen LogP contribution in [-0.2, 0) is 0 Å². The van der Waals surface area contributed by atoms with Crippen molar-refractivity contribution in [2.75, 3.05) is 19.7 Å². The number of nitrogens with one attached hydrogen (secondary N) is 2. The Kier molecular flexibility index (Phi) is 8.28. The van der Waals surface area contributed by atoms with Crippen molar-refractivity contribution in [3.63, 3.8) is 0 Å². The van der Waals surface area contributed by atoms with Gasteiger partial charge in [0, 0.05) is 17.1 Å². The summed E-state index contributed by atoms with van der Waals surface area (Å²) in [6, 6.07) is 8.46. The molecule has 2 N–H and O–H groups in total. The van der Waals surface area contributed by atoms with Crippen LogP contribution in [0.15, 0.2) is 33.7 Å². The van der Waals surface area contributed by atoms with Crippen molar-refractivity contribution in [3.05, 3.63) is 28.7 Å². The minimum atomic E-state index is 0. The largest absolute Gasteiger partial charge is 0.492 e. The summed E-state index contributed by atoms with van der Waals surface area (Å²) in [6.45, 7) is 4.18. The molecule has 0 aliphatic heterocycles. The van der Waals surface area contributed by atoms with Crippen molar-refractivity contribution >= 4 is 45.9 Å². The molecular weight excluding hydrogens is 433 g/mol. The van der Waals surface area contributed by atoms with Gasteiger partial charge >= 0.3 is 0 Å². The van der Waals surface area contributed by atoms with Gasteiger partial charge in [0.05, 0.1) is 6.54 Å². The number of guanidine groups is 1. The predicted octanol–water partition coefficient (Wildman–Crippen LogP) is 3.16. The number of nitrogens with zero attached hydrogens (tertiary/aromatic N) is 1. The van der Waals surface area contributed by atoms with Gasteiger partial charge in [-0.3, -0.25) is 0 Å². The molecule has 0 saturated heterocycles. The highest BCUT2D eigenvalue weighted by atomic mass is 127. The average Bonchev–Trinajstić information content (AvgIpc) is 3.19. The van der Waals surface area contributed by atoms with Crippen LogP contribution in [0.5, 0.6) is 5.75 Å². The molecule has 0 radical (unpaired) electrons. The normalized spacial score (nSPS) is 14.4. The van der Waals surface area contributed by atoms with Crippen LogP contribution in [0.1, 0.15) is 19.8 Å². The standard InChI is InChI=1S/C14H20BrN3O.HI/c1-2-16-14(18-12-6-7-12)17-8-9-19-13-5-3-4-11(15)10-13;/h3-5,10,12H,2,6-9H2,1H3,(H2,16,17,18);1H. The van der Waals surface area contributed by atoms with Gasteiger partial charge in [0.2, 0.25) is 0 Å². The van der Waals surface area contributed by atoms with Crippen LogP contribution in [0.25, 0.3) is 0 Å². The van der Waals surface area contributed by atoms with Crippen LogP contribution >= 0.6 is 39.9 Å². The molecule has 1 saturated carbocycles. The van der Waals surface area contributed by atoms with Crippen molar-refractivity contribution in [1.29, 1.82) is 0 Å². The first-order chi connectivity index (χ1) is 9.28. The zero-order chi connectivity index (χ0) is 13.5. The van der Waals surface area contributed by atoms with Gasteiger partial charge in [-0.15, -0.1) is 24.0 Å². The Morgan fingerprint density at radius 1 is 1.45 bits per heavy atom. The topological polar surface area (TPSA) is 45.7 Å². The van der Waals surface area contributed by atoms with Crippen molar-refractivity contribution < 1.29 is 4.74 Å². The highest BCUT2D eigenvalue weighted by Gasteiger charge is 2.21. The highest BCUT2D eigenvalue weighted by Crippen LogP contribution is 2.18. The summed E-state index contributed by atoms with van der Waals surface area (Å²) in [4.78, 5) is 4.49. The van der Waals surface area contributed by atoms with Crippen LogP contribution in [0, 0.1) is 0 Å². The fourth-order valence-electron chi connectivity index (χ4n) is 1.62. The van der Waals surface area contributed by atoms with Gasteiger partial charge in [0.15, 0.2) is 5.96 Å². The van der Waals surface area contributed by atoms with Gasteiger partial charge in [0.25, 0.3) is 0 Å². The second kappa shape index (κ2) is 9.44. The lowest BCUT2D eigenvalue weighted by atomic mass is 10.3. The number of halogens is 2. The van der Waals surface area contributed by atoms with E-state index in [-0.39, 0.29) is 24.0 Å². The van der Waals surface area contributed by atoms with Crippen molar-refractivity contribution in [1.82, 2.24) is 10.6 Å². The van der Waals surface area contributed by atoms with Crippen molar-refractivity contribution in [2.24, 2.45) is 4.99 Å². The van der Waals surface area contributed by atoms with E-state index in [1.54, 1.807) is 0 Å². The van der Waals surface area contributed by atoms with Crippen LogP contribution in [-0.4, -0.2) is 31.7 Å². The van der Waals surface area contributed by atoms with E-state index in [9.17, 15) is 0 Å². The molecular formula is C14H21BrIN3O. The maximum Gasteiger partial charge on any atom is 0.191 e. The van der Waals surface area contributed by atoms with Crippen LogP contribution < -0.4 is 15.4 Å². The molecule has 4 nitrogen and oxygen atoms in total. The first-order valence-electron chi connectivity index (χ1n) is 6.71. The summed E-state index contributed by atoms with van der Waals surface area (Å²) in [5, 5.41) is 6.61. The van der Waals surface area contributed by atoms with Crippen molar-refractivity contribution in [3.8, 4) is 5.75 Å². The van der Waals surface area contributed by atoms with Gasteiger partial charge in [-0.05, 0) is 38.0 Å². The van der Waals surface area contributed by atoms with Gasteiger partial charge in [0.1, 0.15) is 12.4 Å². The van der Waals surface area contributed by atoms with E-state index in [0.29, 0.717) is 19.2 Å². The van der Waals surface area contributed by atoms with Gasteiger partial charge in [-0.25, -0.2) is 4.99 Å². The molecule has 20 heavy (non-hydrogen) atoms. The Morgan fingerprint density at radius 3 is 2.90 bits per heavy atom.